The molecule has 0 atom stereocenters. The molecule has 306 valence electrons. The lowest BCUT2D eigenvalue weighted by molar-refractivity contribution is -0.118. The minimum absolute atomic E-state index is 0.00222. The molecule has 0 radical (unpaired) electrons. The summed E-state index contributed by atoms with van der Waals surface area (Å²) in [4.78, 5) is 79.8. The Kier molecular flexibility index (Phi) is 12.5. The van der Waals surface area contributed by atoms with Crippen LogP contribution in [0.4, 0.5) is 21.0 Å². The van der Waals surface area contributed by atoms with Gasteiger partial charge in [-0.2, -0.15) is 0 Å². The molecule has 59 heavy (non-hydrogen) atoms. The number of anilines is 2. The maximum Gasteiger partial charge on any atom is 0.410 e. The van der Waals surface area contributed by atoms with Gasteiger partial charge in [0, 0.05) is 49.6 Å². The number of piperidine rings is 2. The van der Waals surface area contributed by atoms with E-state index in [-0.39, 0.29) is 67.7 Å². The van der Waals surface area contributed by atoms with Gasteiger partial charge in [0.2, 0.25) is 11.8 Å². The highest BCUT2D eigenvalue weighted by molar-refractivity contribution is 6.04. The highest BCUT2D eigenvalue weighted by Gasteiger charge is 2.38. The molecule has 0 saturated carbocycles. The summed E-state index contributed by atoms with van der Waals surface area (Å²) >= 11 is 0. The van der Waals surface area contributed by atoms with Crippen LogP contribution in [0.25, 0.3) is 0 Å². The Balaban J connectivity index is 0.000000179. The van der Waals surface area contributed by atoms with E-state index < -0.39 is 11.9 Å². The van der Waals surface area contributed by atoms with Crippen molar-refractivity contribution in [3.8, 4) is 0 Å². The average molecular weight is 803 g/mol. The maximum absolute atomic E-state index is 12.7. The van der Waals surface area contributed by atoms with Crippen LogP contribution in [0.2, 0.25) is 0 Å². The second-order valence-electron chi connectivity index (χ2n) is 14.9. The van der Waals surface area contributed by atoms with Gasteiger partial charge in [0.15, 0.2) is 0 Å². The fraction of sp³-hybridized carbons (Fsp3) is 0.333. The topological polar surface area (TPSA) is 163 Å². The molecule has 14 heteroatoms. The quantitative estimate of drug-likeness (QED) is 0.159. The largest absolute Gasteiger partial charge is 0.478 e. The number of carbonyl (C=O) groups is 6. The number of amides is 4. The summed E-state index contributed by atoms with van der Waals surface area (Å²) < 4.78 is 15.6. The summed E-state index contributed by atoms with van der Waals surface area (Å²) in [7, 11) is 1.34. The number of aromatic carboxylic acids is 1. The number of esters is 1. The molecule has 0 spiro atoms. The highest BCUT2D eigenvalue weighted by Crippen LogP contribution is 2.36. The van der Waals surface area contributed by atoms with Crippen LogP contribution in [0.5, 0.6) is 0 Å². The van der Waals surface area contributed by atoms with E-state index in [1.54, 1.807) is 39.0 Å². The molecule has 0 aromatic heterocycles. The summed E-state index contributed by atoms with van der Waals surface area (Å²) in [5.41, 5.74) is 5.74. The van der Waals surface area contributed by atoms with Crippen molar-refractivity contribution in [1.82, 2.24) is 9.80 Å². The number of nitrogens with zero attached hydrogens (tertiary/aromatic N) is 4. The van der Waals surface area contributed by atoms with Crippen LogP contribution >= 0.6 is 0 Å². The van der Waals surface area contributed by atoms with Gasteiger partial charge in [0.05, 0.1) is 31.1 Å². The van der Waals surface area contributed by atoms with Crippen molar-refractivity contribution in [3.05, 3.63) is 130 Å². The molecule has 0 aliphatic carbocycles. The third kappa shape index (κ3) is 9.38. The summed E-state index contributed by atoms with van der Waals surface area (Å²) in [6.07, 6.45) is 2.52. The van der Waals surface area contributed by atoms with E-state index in [1.165, 1.54) is 13.2 Å². The zero-order valence-electron chi connectivity index (χ0n) is 32.8. The Morgan fingerprint density at radius 1 is 0.593 bits per heavy atom. The molecule has 2 fully saturated rings. The van der Waals surface area contributed by atoms with E-state index in [2.05, 4.69) is 0 Å². The molecule has 4 aliphatic rings. The van der Waals surface area contributed by atoms with Gasteiger partial charge in [0.1, 0.15) is 13.2 Å². The number of likely N-dealkylation sites (tertiary alicyclic amines) is 2. The van der Waals surface area contributed by atoms with Gasteiger partial charge in [-0.1, -0.05) is 60.7 Å². The molecular weight excluding hydrogens is 757 g/mol. The Labute approximate surface area is 341 Å². The van der Waals surface area contributed by atoms with E-state index >= 15 is 0 Å². The molecule has 4 heterocycles. The third-order valence-corrected chi connectivity index (χ3v) is 11.2. The number of hydrogen-bond donors (Lipinski definition) is 1. The van der Waals surface area contributed by atoms with Gasteiger partial charge in [-0.3, -0.25) is 9.59 Å². The Morgan fingerprint density at radius 2 is 1.00 bits per heavy atom. The fourth-order valence-corrected chi connectivity index (χ4v) is 8.10. The lowest BCUT2D eigenvalue weighted by Crippen LogP contribution is -2.48. The number of carboxylic acid groups (broad SMARTS) is 1. The average Bonchev–Trinajstić information content (AvgIpc) is 3.79. The molecule has 4 aliphatic heterocycles. The van der Waals surface area contributed by atoms with Crippen molar-refractivity contribution < 1.29 is 48.1 Å². The van der Waals surface area contributed by atoms with Crippen molar-refractivity contribution >= 4 is 47.3 Å². The zero-order chi connectivity index (χ0) is 41.5. The molecule has 8 rings (SSSR count). The van der Waals surface area contributed by atoms with Crippen LogP contribution in [0, 0.1) is 0 Å². The second kappa shape index (κ2) is 18.3. The van der Waals surface area contributed by atoms with Gasteiger partial charge >= 0.3 is 24.1 Å². The van der Waals surface area contributed by atoms with Crippen LogP contribution in [0.3, 0.4) is 0 Å². The minimum atomic E-state index is -0.999. The summed E-state index contributed by atoms with van der Waals surface area (Å²) in [6.45, 7) is 2.61. The van der Waals surface area contributed by atoms with Crippen LogP contribution in [-0.4, -0.2) is 96.2 Å². The van der Waals surface area contributed by atoms with Crippen molar-refractivity contribution in [1.29, 1.82) is 0 Å². The normalized spacial score (nSPS) is 16.5. The molecule has 14 nitrogen and oxygen atoms in total. The molecule has 4 aromatic rings. The van der Waals surface area contributed by atoms with Crippen molar-refractivity contribution in [2.45, 2.75) is 63.8 Å². The smallest absolute Gasteiger partial charge is 0.410 e. The molecule has 2 saturated heterocycles. The van der Waals surface area contributed by atoms with Gasteiger partial charge in [-0.15, -0.1) is 0 Å². The lowest BCUT2D eigenvalue weighted by atomic mass is 10.0. The first-order chi connectivity index (χ1) is 28.6. The van der Waals surface area contributed by atoms with Crippen LogP contribution in [0.1, 0.15) is 68.7 Å². The number of fused-ring (bicyclic) bond motifs is 2. The molecule has 1 N–H and O–H groups in total. The number of methoxy groups -OCH3 is 1. The number of carbonyl (C=O) groups excluding carboxylic acids is 5. The number of ether oxygens (including phenoxy) is 3. The first-order valence-electron chi connectivity index (χ1n) is 19.7. The lowest BCUT2D eigenvalue weighted by Gasteiger charge is -2.36. The zero-order valence-corrected chi connectivity index (χ0v) is 32.8. The van der Waals surface area contributed by atoms with Gasteiger partial charge in [-0.25, -0.2) is 19.2 Å². The van der Waals surface area contributed by atoms with Gasteiger partial charge in [0.25, 0.3) is 0 Å². The predicted octanol–water partition coefficient (Wildman–Crippen LogP) is 6.24. The monoisotopic (exact) mass is 802 g/mol. The van der Waals surface area contributed by atoms with Gasteiger partial charge in [-0.05, 0) is 84.3 Å². The number of rotatable bonds is 8. The van der Waals surface area contributed by atoms with Crippen molar-refractivity contribution in [3.63, 3.8) is 0 Å². The van der Waals surface area contributed by atoms with Crippen LogP contribution in [0.15, 0.2) is 97.1 Å². The first-order valence-corrected chi connectivity index (χ1v) is 19.7. The number of benzene rings is 4. The standard InChI is InChI=1S/C23H24N2O5.C22H22N2O5/c1-29-22(27)17-7-8-20-18(13-17)14-21(26)25(20)19-9-11-24(12-10-19)23(28)30-15-16-5-3-2-4-6-16;25-20-13-17-12-16(21(26)27)6-7-19(17)24(20)18-8-10-23(11-9-18)22(28)29-14-15-4-2-1-3-5-15/h2-8,13,19H,9-12,14-15H2,1H3;1-7,12,18H,8-11,13-14H2,(H,26,27). The van der Waals surface area contributed by atoms with Crippen LogP contribution in [-0.2, 0) is 49.9 Å². The van der Waals surface area contributed by atoms with Crippen LogP contribution < -0.4 is 9.80 Å². The van der Waals surface area contributed by atoms with E-state index in [0.29, 0.717) is 57.4 Å². The summed E-state index contributed by atoms with van der Waals surface area (Å²) in [5.74, 6) is -1.41. The number of carboxylic acids is 1. The minimum Gasteiger partial charge on any atom is -0.478 e. The molecule has 0 unspecified atom stereocenters. The third-order valence-electron chi connectivity index (χ3n) is 11.2. The first kappa shape index (κ1) is 40.5. The van der Waals surface area contributed by atoms with E-state index in [9.17, 15) is 28.8 Å². The van der Waals surface area contributed by atoms with E-state index in [1.807, 2.05) is 71.6 Å². The van der Waals surface area contributed by atoms with Crippen molar-refractivity contribution in [2.75, 3.05) is 43.1 Å². The molecule has 4 amide bonds. The second-order valence-corrected chi connectivity index (χ2v) is 14.9. The maximum atomic E-state index is 12.7. The van der Waals surface area contributed by atoms with Crippen molar-refractivity contribution in [2.24, 2.45) is 0 Å². The van der Waals surface area contributed by atoms with E-state index in [0.717, 1.165) is 33.6 Å². The molecular formula is C45H46N4O10. The predicted molar refractivity (Wildman–Crippen MR) is 216 cm³/mol. The SMILES string of the molecule is COC(=O)c1ccc2c(c1)CC(=O)N2C1CCN(C(=O)OCc2ccccc2)CC1.O=C(O)c1ccc2c(c1)CC(=O)N2C1CCN(C(=O)OCc2ccccc2)CC1. The summed E-state index contributed by atoms with van der Waals surface area (Å²) in [5, 5.41) is 9.15. The Morgan fingerprint density at radius 3 is 1.41 bits per heavy atom. The number of hydrogen-bond acceptors (Lipinski definition) is 9. The van der Waals surface area contributed by atoms with Gasteiger partial charge < -0.3 is 38.9 Å². The Hall–Kier alpha value is -6.70. The highest BCUT2D eigenvalue weighted by atomic mass is 16.6. The van der Waals surface area contributed by atoms with E-state index in [4.69, 9.17) is 19.3 Å². The molecule has 4 aromatic carbocycles. The summed E-state index contributed by atoms with van der Waals surface area (Å²) in [6, 6.07) is 29.2. The molecule has 0 bridgehead atoms. The fourth-order valence-electron chi connectivity index (χ4n) is 8.10. The Bertz CT molecular complexity index is 2200.